The van der Waals surface area contributed by atoms with Crippen LogP contribution in [-0.4, -0.2) is 47.6 Å². The van der Waals surface area contributed by atoms with Gasteiger partial charge in [-0.25, -0.2) is 0 Å². The molecule has 0 aromatic heterocycles. The second-order valence-corrected chi connectivity index (χ2v) is 8.73. The van der Waals surface area contributed by atoms with Crippen molar-refractivity contribution in [3.63, 3.8) is 0 Å². The van der Waals surface area contributed by atoms with E-state index in [1.807, 2.05) is 0 Å². The Morgan fingerprint density at radius 2 is 1.88 bits per heavy atom. The predicted molar refractivity (Wildman–Crippen MR) is 79.9 cm³/mol. The summed E-state index contributed by atoms with van der Waals surface area (Å²) in [5.41, 5.74) is 0.581. The maximum absolute atomic E-state index is 3.63. The fraction of sp³-hybridized carbons (Fsp3) is 1.00. The molecule has 1 saturated heterocycles. The van der Waals surface area contributed by atoms with E-state index in [4.69, 9.17) is 0 Å². The molecule has 0 spiro atoms. The van der Waals surface area contributed by atoms with Crippen LogP contribution in [0.25, 0.3) is 0 Å². The Morgan fingerprint density at radius 3 is 2.41 bits per heavy atom. The number of hydrogen-bond acceptors (Lipinski definition) is 3. The number of hydrogen-bond donors (Lipinski definition) is 1. The molecule has 1 heterocycles. The molecule has 0 aromatic carbocycles. The molecule has 0 radical (unpaired) electrons. The van der Waals surface area contributed by atoms with Gasteiger partial charge in [0.05, 0.1) is 0 Å². The van der Waals surface area contributed by atoms with E-state index < -0.39 is 0 Å². The number of nitrogens with one attached hydrogen (secondary N) is 1. The molecule has 1 rings (SSSR count). The van der Waals surface area contributed by atoms with Crippen LogP contribution < -0.4 is 5.32 Å². The zero-order chi connectivity index (χ0) is 13.1. The summed E-state index contributed by atoms with van der Waals surface area (Å²) in [4.78, 5) is 2.63. The highest BCUT2D eigenvalue weighted by Gasteiger charge is 2.26. The van der Waals surface area contributed by atoms with E-state index in [1.54, 1.807) is 0 Å². The number of nitrogens with zero attached hydrogens (tertiary/aromatic N) is 1. The van der Waals surface area contributed by atoms with Crippen molar-refractivity contribution in [2.45, 2.75) is 52.3 Å². The lowest BCUT2D eigenvalue weighted by atomic mass is 9.91. The van der Waals surface area contributed by atoms with Crippen LogP contribution >= 0.6 is 11.8 Å². The molecule has 1 fully saturated rings. The maximum atomic E-state index is 3.63. The molecule has 1 N–H and O–H groups in total. The molecule has 0 aromatic rings. The smallest absolute Gasteiger partial charge is 0.0147 e. The SMILES string of the molecule is CC1CN(CC(C)(C)CNC(C)(C)C)CCS1. The van der Waals surface area contributed by atoms with Crippen molar-refractivity contribution >= 4 is 11.8 Å². The standard InChI is InChI=1S/C14H30N2S/c1-12-9-16(7-8-17-12)11-14(5,6)10-15-13(2,3)4/h12,15H,7-11H2,1-6H3. The van der Waals surface area contributed by atoms with E-state index in [-0.39, 0.29) is 5.54 Å². The summed E-state index contributed by atoms with van der Waals surface area (Å²) in [6.07, 6.45) is 0. The van der Waals surface area contributed by atoms with Gasteiger partial charge in [-0.1, -0.05) is 20.8 Å². The normalized spacial score (nSPS) is 24.0. The fourth-order valence-corrected chi connectivity index (χ4v) is 3.28. The van der Waals surface area contributed by atoms with E-state index in [1.165, 1.54) is 25.4 Å². The summed E-state index contributed by atoms with van der Waals surface area (Å²) in [7, 11) is 0. The van der Waals surface area contributed by atoms with E-state index >= 15 is 0 Å². The second-order valence-electron chi connectivity index (χ2n) is 7.18. The largest absolute Gasteiger partial charge is 0.311 e. The third kappa shape index (κ3) is 6.68. The van der Waals surface area contributed by atoms with Crippen LogP contribution in [0.5, 0.6) is 0 Å². The molecule has 0 saturated carbocycles. The quantitative estimate of drug-likeness (QED) is 0.835. The van der Waals surface area contributed by atoms with Crippen LogP contribution in [-0.2, 0) is 0 Å². The Hall–Kier alpha value is 0.270. The van der Waals surface area contributed by atoms with E-state index in [9.17, 15) is 0 Å². The maximum Gasteiger partial charge on any atom is 0.0147 e. The highest BCUT2D eigenvalue weighted by atomic mass is 32.2. The van der Waals surface area contributed by atoms with Crippen molar-refractivity contribution in [1.29, 1.82) is 0 Å². The monoisotopic (exact) mass is 258 g/mol. The lowest BCUT2D eigenvalue weighted by Crippen LogP contribution is -2.48. The predicted octanol–water partition coefficient (Wildman–Crippen LogP) is 2.84. The van der Waals surface area contributed by atoms with Gasteiger partial charge in [-0.3, -0.25) is 0 Å². The average molecular weight is 258 g/mol. The minimum absolute atomic E-state index is 0.225. The van der Waals surface area contributed by atoms with Gasteiger partial charge in [0.25, 0.3) is 0 Å². The molecule has 2 nitrogen and oxygen atoms in total. The number of thioether (sulfide) groups is 1. The lowest BCUT2D eigenvalue weighted by Gasteiger charge is -2.38. The van der Waals surface area contributed by atoms with Crippen molar-refractivity contribution in [3.8, 4) is 0 Å². The van der Waals surface area contributed by atoms with Crippen molar-refractivity contribution in [2.75, 3.05) is 31.9 Å². The van der Waals surface area contributed by atoms with Crippen molar-refractivity contribution < 1.29 is 0 Å². The molecule has 3 heteroatoms. The molecule has 17 heavy (non-hydrogen) atoms. The zero-order valence-electron chi connectivity index (χ0n) is 12.5. The van der Waals surface area contributed by atoms with Crippen LogP contribution in [0.1, 0.15) is 41.5 Å². The third-order valence-electron chi connectivity index (χ3n) is 3.07. The van der Waals surface area contributed by atoms with Crippen LogP contribution in [0, 0.1) is 5.41 Å². The molecule has 1 aliphatic heterocycles. The van der Waals surface area contributed by atoms with Gasteiger partial charge < -0.3 is 10.2 Å². The first-order valence-corrected chi connectivity index (χ1v) is 7.82. The molecule has 1 unspecified atom stereocenters. The van der Waals surface area contributed by atoms with Crippen LogP contribution in [0.2, 0.25) is 0 Å². The van der Waals surface area contributed by atoms with Gasteiger partial charge in [-0.2, -0.15) is 11.8 Å². The second kappa shape index (κ2) is 5.94. The first kappa shape index (κ1) is 15.3. The molecule has 1 atom stereocenters. The summed E-state index contributed by atoms with van der Waals surface area (Å²) in [6, 6.07) is 0. The van der Waals surface area contributed by atoms with Crippen LogP contribution in [0.4, 0.5) is 0 Å². The summed E-state index contributed by atoms with van der Waals surface area (Å²) in [6.45, 7) is 18.6. The average Bonchev–Trinajstić information content (AvgIpc) is 2.13. The van der Waals surface area contributed by atoms with Crippen LogP contribution in [0.3, 0.4) is 0 Å². The molecule has 102 valence electrons. The topological polar surface area (TPSA) is 15.3 Å². The Bertz CT molecular complexity index is 233. The lowest BCUT2D eigenvalue weighted by molar-refractivity contribution is 0.170. The van der Waals surface area contributed by atoms with Crippen molar-refractivity contribution in [1.82, 2.24) is 10.2 Å². The Kier molecular flexibility index (Phi) is 5.36. The fourth-order valence-electron chi connectivity index (χ4n) is 2.20. The first-order valence-electron chi connectivity index (χ1n) is 6.77. The summed E-state index contributed by atoms with van der Waals surface area (Å²) >= 11 is 2.11. The Morgan fingerprint density at radius 1 is 1.24 bits per heavy atom. The van der Waals surface area contributed by atoms with Gasteiger partial charge in [-0.15, -0.1) is 0 Å². The summed E-state index contributed by atoms with van der Waals surface area (Å²) < 4.78 is 0. The van der Waals surface area contributed by atoms with E-state index in [0.29, 0.717) is 5.41 Å². The molecule has 1 aliphatic rings. The summed E-state index contributed by atoms with van der Waals surface area (Å²) in [5, 5.41) is 4.43. The van der Waals surface area contributed by atoms with Gasteiger partial charge in [-0.05, 0) is 26.2 Å². The van der Waals surface area contributed by atoms with Crippen molar-refractivity contribution in [2.24, 2.45) is 5.41 Å². The van der Waals surface area contributed by atoms with Crippen LogP contribution in [0.15, 0.2) is 0 Å². The molecule has 0 aliphatic carbocycles. The van der Waals surface area contributed by atoms with Gasteiger partial charge in [0, 0.05) is 42.7 Å². The highest BCUT2D eigenvalue weighted by Crippen LogP contribution is 2.23. The highest BCUT2D eigenvalue weighted by molar-refractivity contribution is 7.99. The third-order valence-corrected chi connectivity index (χ3v) is 4.21. The van der Waals surface area contributed by atoms with Gasteiger partial charge >= 0.3 is 0 Å². The summed E-state index contributed by atoms with van der Waals surface area (Å²) in [5.74, 6) is 1.30. The Balaban J connectivity index is 2.37. The molecule has 0 amide bonds. The van der Waals surface area contributed by atoms with Gasteiger partial charge in [0.15, 0.2) is 0 Å². The van der Waals surface area contributed by atoms with Crippen molar-refractivity contribution in [3.05, 3.63) is 0 Å². The minimum Gasteiger partial charge on any atom is -0.311 e. The molecular formula is C14H30N2S. The Labute approximate surface area is 112 Å². The molecule has 0 bridgehead atoms. The zero-order valence-corrected chi connectivity index (χ0v) is 13.3. The molecular weight excluding hydrogens is 228 g/mol. The first-order chi connectivity index (χ1) is 7.68. The van der Waals surface area contributed by atoms with E-state index in [2.05, 4.69) is 63.5 Å². The van der Waals surface area contributed by atoms with Gasteiger partial charge in [0.1, 0.15) is 0 Å². The number of rotatable bonds is 4. The minimum atomic E-state index is 0.225. The van der Waals surface area contributed by atoms with E-state index in [0.717, 1.165) is 11.8 Å². The van der Waals surface area contributed by atoms with Gasteiger partial charge in [0.2, 0.25) is 0 Å².